The number of carbonyl (C=O) groups excluding carboxylic acids is 1. The van der Waals surface area contributed by atoms with E-state index >= 15 is 0 Å². The minimum atomic E-state index is 0.00687. The van der Waals surface area contributed by atoms with Gasteiger partial charge in [0.05, 0.1) is 0 Å². The highest BCUT2D eigenvalue weighted by Gasteiger charge is 2.36. The fourth-order valence-corrected chi connectivity index (χ4v) is 4.20. The zero-order chi connectivity index (χ0) is 18.6. The van der Waals surface area contributed by atoms with Crippen molar-refractivity contribution in [1.82, 2.24) is 9.80 Å². The first-order chi connectivity index (χ1) is 13.2. The van der Waals surface area contributed by atoms with Crippen LogP contribution >= 0.6 is 11.8 Å². The van der Waals surface area contributed by atoms with Crippen LogP contribution in [0.5, 0.6) is 0 Å². The first-order valence-corrected chi connectivity index (χ1v) is 10.7. The van der Waals surface area contributed by atoms with E-state index in [1.165, 1.54) is 5.69 Å². The summed E-state index contributed by atoms with van der Waals surface area (Å²) in [6, 6.07) is 19.1. The Morgan fingerprint density at radius 3 is 2.44 bits per heavy atom. The molecule has 0 atom stereocenters. The molecule has 4 rings (SSSR count). The number of hydrogen-bond acceptors (Lipinski definition) is 4. The van der Waals surface area contributed by atoms with Crippen molar-refractivity contribution in [3.63, 3.8) is 0 Å². The van der Waals surface area contributed by atoms with Gasteiger partial charge in [-0.3, -0.25) is 4.90 Å². The molecule has 0 saturated carbocycles. The smallest absolute Gasteiger partial charge is 0.321 e. The van der Waals surface area contributed by atoms with E-state index in [1.807, 2.05) is 29.4 Å². The van der Waals surface area contributed by atoms with Crippen molar-refractivity contribution in [3.05, 3.63) is 54.6 Å². The van der Waals surface area contributed by atoms with Crippen LogP contribution in [0, 0.1) is 0 Å². The fourth-order valence-electron chi connectivity index (χ4n) is 3.74. The van der Waals surface area contributed by atoms with Crippen molar-refractivity contribution in [1.29, 1.82) is 0 Å². The maximum atomic E-state index is 12.4. The lowest BCUT2D eigenvalue weighted by atomic mass is 10.1. The number of anilines is 2. The number of benzene rings is 2. The number of nitrogens with one attached hydrogen (secondary N) is 1. The number of amides is 2. The Labute approximate surface area is 165 Å². The van der Waals surface area contributed by atoms with Crippen molar-refractivity contribution in [3.8, 4) is 0 Å². The SMILES string of the molecule is CSc1cccc(NC(=O)N2CC(N3CCN(c4ccccc4)CC3)C2)c1. The highest BCUT2D eigenvalue weighted by atomic mass is 32.2. The number of hydrogen-bond donors (Lipinski definition) is 1. The highest BCUT2D eigenvalue weighted by Crippen LogP contribution is 2.23. The van der Waals surface area contributed by atoms with Crippen LogP contribution in [0.25, 0.3) is 0 Å². The zero-order valence-electron chi connectivity index (χ0n) is 15.7. The monoisotopic (exact) mass is 382 g/mol. The number of carbonyl (C=O) groups is 1. The van der Waals surface area contributed by atoms with E-state index in [2.05, 4.69) is 51.5 Å². The number of urea groups is 1. The van der Waals surface area contributed by atoms with Gasteiger partial charge in [0.15, 0.2) is 0 Å². The van der Waals surface area contributed by atoms with Gasteiger partial charge in [-0.1, -0.05) is 24.3 Å². The average molecular weight is 383 g/mol. The first kappa shape index (κ1) is 18.2. The molecule has 0 spiro atoms. The Kier molecular flexibility index (Phi) is 5.55. The van der Waals surface area contributed by atoms with Gasteiger partial charge in [-0.25, -0.2) is 4.79 Å². The lowest BCUT2D eigenvalue weighted by Gasteiger charge is -2.48. The molecule has 2 fully saturated rings. The number of piperazine rings is 1. The molecular weight excluding hydrogens is 356 g/mol. The fraction of sp³-hybridized carbons (Fsp3) is 0.381. The first-order valence-electron chi connectivity index (χ1n) is 9.47. The summed E-state index contributed by atoms with van der Waals surface area (Å²) >= 11 is 1.68. The number of rotatable bonds is 4. The van der Waals surface area contributed by atoms with Crippen molar-refractivity contribution in [2.45, 2.75) is 10.9 Å². The Morgan fingerprint density at radius 1 is 1.00 bits per heavy atom. The van der Waals surface area contributed by atoms with E-state index in [0.717, 1.165) is 49.9 Å². The van der Waals surface area contributed by atoms with Crippen molar-refractivity contribution in [2.24, 2.45) is 0 Å². The van der Waals surface area contributed by atoms with Gasteiger partial charge < -0.3 is 15.1 Å². The largest absolute Gasteiger partial charge is 0.369 e. The van der Waals surface area contributed by atoms with E-state index in [-0.39, 0.29) is 6.03 Å². The zero-order valence-corrected chi connectivity index (χ0v) is 16.5. The lowest BCUT2D eigenvalue weighted by Crippen LogP contribution is -2.64. The Balaban J connectivity index is 1.23. The van der Waals surface area contributed by atoms with Gasteiger partial charge in [0.1, 0.15) is 0 Å². The summed E-state index contributed by atoms with van der Waals surface area (Å²) in [6.45, 7) is 5.86. The molecule has 142 valence electrons. The summed E-state index contributed by atoms with van der Waals surface area (Å²) in [7, 11) is 0. The van der Waals surface area contributed by atoms with E-state index in [1.54, 1.807) is 11.8 Å². The number of para-hydroxylation sites is 1. The highest BCUT2D eigenvalue weighted by molar-refractivity contribution is 7.98. The quantitative estimate of drug-likeness (QED) is 0.822. The van der Waals surface area contributed by atoms with Gasteiger partial charge in [-0.05, 0) is 36.6 Å². The molecule has 2 aromatic rings. The third-order valence-electron chi connectivity index (χ3n) is 5.42. The van der Waals surface area contributed by atoms with Gasteiger partial charge in [-0.2, -0.15) is 0 Å². The molecule has 2 aliphatic heterocycles. The van der Waals surface area contributed by atoms with Crippen LogP contribution in [-0.4, -0.2) is 67.4 Å². The summed E-state index contributed by atoms with van der Waals surface area (Å²) in [5.74, 6) is 0. The molecule has 5 nitrogen and oxygen atoms in total. The molecule has 0 aliphatic carbocycles. The van der Waals surface area contributed by atoms with Crippen LogP contribution in [0.1, 0.15) is 0 Å². The normalized spacial score (nSPS) is 18.3. The minimum Gasteiger partial charge on any atom is -0.369 e. The second-order valence-corrected chi connectivity index (χ2v) is 7.96. The minimum absolute atomic E-state index is 0.00687. The molecule has 1 N–H and O–H groups in total. The van der Waals surface area contributed by atoms with Gasteiger partial charge in [0.2, 0.25) is 0 Å². The molecular formula is C21H26N4OS. The maximum absolute atomic E-state index is 12.4. The standard InChI is InChI=1S/C21H26N4OS/c1-27-20-9-5-6-17(14-20)22-21(26)25-15-19(16-25)24-12-10-23(11-13-24)18-7-3-2-4-8-18/h2-9,14,19H,10-13,15-16H2,1H3,(H,22,26). The second kappa shape index (κ2) is 8.23. The predicted octanol–water partition coefficient (Wildman–Crippen LogP) is 3.45. The van der Waals surface area contributed by atoms with Gasteiger partial charge >= 0.3 is 6.03 Å². The van der Waals surface area contributed by atoms with Crippen LogP contribution in [0.3, 0.4) is 0 Å². The predicted molar refractivity (Wildman–Crippen MR) is 113 cm³/mol. The molecule has 0 radical (unpaired) electrons. The van der Waals surface area contributed by atoms with E-state index in [4.69, 9.17) is 0 Å². The van der Waals surface area contributed by atoms with Gasteiger partial charge in [0.25, 0.3) is 0 Å². The average Bonchev–Trinajstić information content (AvgIpc) is 2.68. The molecule has 0 aromatic heterocycles. The summed E-state index contributed by atoms with van der Waals surface area (Å²) in [5.41, 5.74) is 2.17. The topological polar surface area (TPSA) is 38.8 Å². The molecule has 2 amide bonds. The third kappa shape index (κ3) is 4.22. The molecule has 2 heterocycles. The summed E-state index contributed by atoms with van der Waals surface area (Å²) in [6.07, 6.45) is 2.04. The van der Waals surface area contributed by atoms with Crippen molar-refractivity contribution < 1.29 is 4.79 Å². The maximum Gasteiger partial charge on any atom is 0.321 e. The molecule has 2 aromatic carbocycles. The molecule has 2 aliphatic rings. The van der Waals surface area contributed by atoms with Gasteiger partial charge in [0, 0.05) is 61.6 Å². The van der Waals surface area contributed by atoms with E-state index in [0.29, 0.717) is 6.04 Å². The molecule has 0 unspecified atom stereocenters. The summed E-state index contributed by atoms with van der Waals surface area (Å²) < 4.78 is 0. The molecule has 27 heavy (non-hydrogen) atoms. The molecule has 6 heteroatoms. The third-order valence-corrected chi connectivity index (χ3v) is 6.15. The van der Waals surface area contributed by atoms with Crippen LogP contribution in [0.15, 0.2) is 59.5 Å². The Hall–Kier alpha value is -2.18. The summed E-state index contributed by atoms with van der Waals surface area (Å²) in [4.78, 5) is 20.5. The molecule has 0 bridgehead atoms. The number of thioether (sulfide) groups is 1. The Morgan fingerprint density at radius 2 is 1.74 bits per heavy atom. The number of likely N-dealkylation sites (tertiary alicyclic amines) is 1. The van der Waals surface area contributed by atoms with Crippen molar-refractivity contribution in [2.75, 3.05) is 55.7 Å². The van der Waals surface area contributed by atoms with Crippen LogP contribution in [0.2, 0.25) is 0 Å². The lowest BCUT2D eigenvalue weighted by molar-refractivity contribution is 0.0578. The van der Waals surface area contributed by atoms with Gasteiger partial charge in [-0.15, -0.1) is 11.8 Å². The number of nitrogens with zero attached hydrogens (tertiary/aromatic N) is 3. The second-order valence-electron chi connectivity index (χ2n) is 7.08. The van der Waals surface area contributed by atoms with Crippen LogP contribution < -0.4 is 10.2 Å². The van der Waals surface area contributed by atoms with Crippen LogP contribution in [0.4, 0.5) is 16.2 Å². The summed E-state index contributed by atoms with van der Waals surface area (Å²) in [5, 5.41) is 3.02. The Bertz CT molecular complexity index is 771. The van der Waals surface area contributed by atoms with Crippen LogP contribution in [-0.2, 0) is 0 Å². The van der Waals surface area contributed by atoms with E-state index in [9.17, 15) is 4.79 Å². The van der Waals surface area contributed by atoms with E-state index < -0.39 is 0 Å². The van der Waals surface area contributed by atoms with Crippen molar-refractivity contribution >= 4 is 29.2 Å². The molecule has 2 saturated heterocycles.